The van der Waals surface area contributed by atoms with Crippen molar-refractivity contribution in [2.75, 3.05) is 26.6 Å². The van der Waals surface area contributed by atoms with Crippen molar-refractivity contribution in [3.8, 4) is 11.5 Å². The Morgan fingerprint density at radius 1 is 1.07 bits per heavy atom. The van der Waals surface area contributed by atoms with Gasteiger partial charge in [0.15, 0.2) is 11.5 Å². The second-order valence-electron chi connectivity index (χ2n) is 7.21. The minimum Gasteiger partial charge on any atom is -0.493 e. The molecule has 1 fully saturated rings. The number of fused-ring (bicyclic) bond motifs is 1. The van der Waals surface area contributed by atoms with Gasteiger partial charge in [-0.1, -0.05) is 12.8 Å². The molecule has 1 N–H and O–H groups in total. The molecule has 0 aliphatic heterocycles. The molecule has 4 rings (SSSR count). The molecule has 0 spiro atoms. The molecule has 158 valence electrons. The molecule has 1 amide bonds. The number of nitrogens with one attached hydrogen (secondary N) is 1. The number of methoxy groups -OCH3 is 3. The number of amides is 1. The topological polar surface area (TPSA) is 78.8 Å². The van der Waals surface area contributed by atoms with E-state index in [1.54, 1.807) is 17.4 Å². The average Bonchev–Trinajstić information content (AvgIpc) is 3.49. The van der Waals surface area contributed by atoms with Crippen LogP contribution < -0.4 is 14.8 Å². The molecule has 1 aromatic carbocycles. The van der Waals surface area contributed by atoms with E-state index in [9.17, 15) is 9.59 Å². The molecular weight excluding hydrogens is 404 g/mol. The Kier molecular flexibility index (Phi) is 5.67. The summed E-state index contributed by atoms with van der Waals surface area (Å²) < 4.78 is 18.7. The van der Waals surface area contributed by atoms with Gasteiger partial charge >= 0.3 is 5.97 Å². The van der Waals surface area contributed by atoms with Gasteiger partial charge in [-0.05, 0) is 30.4 Å². The number of rotatable bonds is 6. The number of nitrogens with zero attached hydrogens (tertiary/aromatic N) is 1. The quantitative estimate of drug-likeness (QED) is 0.567. The van der Waals surface area contributed by atoms with E-state index < -0.39 is 5.97 Å². The number of hydrogen-bond acceptors (Lipinski definition) is 6. The van der Waals surface area contributed by atoms with E-state index >= 15 is 0 Å². The molecule has 0 saturated heterocycles. The Bertz CT molecular complexity index is 1090. The van der Waals surface area contributed by atoms with Gasteiger partial charge in [0.2, 0.25) is 0 Å². The molecular formula is C22H24N2O5S. The third-order valence-electron chi connectivity index (χ3n) is 5.56. The van der Waals surface area contributed by atoms with Crippen LogP contribution in [0.2, 0.25) is 0 Å². The van der Waals surface area contributed by atoms with Crippen molar-refractivity contribution in [3.63, 3.8) is 0 Å². The Morgan fingerprint density at radius 3 is 2.43 bits per heavy atom. The smallest absolute Gasteiger partial charge is 0.340 e. The van der Waals surface area contributed by atoms with E-state index in [0.717, 1.165) is 35.9 Å². The predicted octanol–water partition coefficient (Wildman–Crippen LogP) is 4.87. The molecule has 1 saturated carbocycles. The SMILES string of the molecule is COC(=O)c1cc(OC)c(OC)cc1NC(=O)c1cc2sccc2n1C1CCCC1. The van der Waals surface area contributed by atoms with Gasteiger partial charge < -0.3 is 24.1 Å². The second-order valence-corrected chi connectivity index (χ2v) is 8.15. The van der Waals surface area contributed by atoms with Crippen LogP contribution >= 0.6 is 11.3 Å². The summed E-state index contributed by atoms with van der Waals surface area (Å²) in [6, 6.07) is 7.38. The number of carbonyl (C=O) groups is 2. The second kappa shape index (κ2) is 8.39. The van der Waals surface area contributed by atoms with Crippen molar-refractivity contribution >= 4 is 39.1 Å². The number of thiophene rings is 1. The van der Waals surface area contributed by atoms with Gasteiger partial charge in [-0.15, -0.1) is 11.3 Å². The highest BCUT2D eigenvalue weighted by Crippen LogP contribution is 2.38. The Hall–Kier alpha value is -3.00. The summed E-state index contributed by atoms with van der Waals surface area (Å²) >= 11 is 1.62. The highest BCUT2D eigenvalue weighted by atomic mass is 32.1. The van der Waals surface area contributed by atoms with Crippen LogP contribution in [0, 0.1) is 0 Å². The van der Waals surface area contributed by atoms with Crippen LogP contribution in [0.15, 0.2) is 29.6 Å². The van der Waals surface area contributed by atoms with Crippen LogP contribution in [0.5, 0.6) is 11.5 Å². The summed E-state index contributed by atoms with van der Waals surface area (Å²) in [5, 5.41) is 4.93. The van der Waals surface area contributed by atoms with Crippen molar-refractivity contribution in [2.45, 2.75) is 31.7 Å². The number of anilines is 1. The van der Waals surface area contributed by atoms with E-state index in [2.05, 4.69) is 16.0 Å². The fourth-order valence-electron chi connectivity index (χ4n) is 4.12. The molecule has 2 aromatic heterocycles. The summed E-state index contributed by atoms with van der Waals surface area (Å²) in [5.74, 6) is -0.0561. The monoisotopic (exact) mass is 428 g/mol. The largest absolute Gasteiger partial charge is 0.493 e. The molecule has 7 nitrogen and oxygen atoms in total. The third-order valence-corrected chi connectivity index (χ3v) is 6.41. The lowest BCUT2D eigenvalue weighted by Crippen LogP contribution is -2.20. The van der Waals surface area contributed by atoms with Crippen molar-refractivity contribution in [1.82, 2.24) is 4.57 Å². The zero-order valence-corrected chi connectivity index (χ0v) is 18.0. The molecule has 0 bridgehead atoms. The molecule has 8 heteroatoms. The minimum atomic E-state index is -0.571. The number of hydrogen-bond donors (Lipinski definition) is 1. The molecule has 0 unspecified atom stereocenters. The first kappa shape index (κ1) is 20.3. The number of aromatic nitrogens is 1. The summed E-state index contributed by atoms with van der Waals surface area (Å²) in [4.78, 5) is 25.6. The van der Waals surface area contributed by atoms with Gasteiger partial charge in [-0.25, -0.2) is 4.79 Å². The normalized spacial score (nSPS) is 14.1. The van der Waals surface area contributed by atoms with Crippen molar-refractivity contribution in [2.24, 2.45) is 0 Å². The van der Waals surface area contributed by atoms with Crippen LogP contribution in [0.3, 0.4) is 0 Å². The fourth-order valence-corrected chi connectivity index (χ4v) is 4.93. The van der Waals surface area contributed by atoms with Crippen molar-refractivity contribution in [3.05, 3.63) is 40.9 Å². The third kappa shape index (κ3) is 3.52. The molecule has 2 heterocycles. The Labute approximate surface area is 178 Å². The molecule has 3 aromatic rings. The summed E-state index contributed by atoms with van der Waals surface area (Å²) in [5.41, 5.74) is 2.18. The maximum absolute atomic E-state index is 13.3. The standard InChI is InChI=1S/C22H24N2O5S/c1-27-18-10-14(22(26)29-3)15(11-19(18)28-2)23-21(25)17-12-20-16(8-9-30-20)24(17)13-6-4-5-7-13/h8-13H,4-7H2,1-3H3,(H,23,25). The van der Waals surface area contributed by atoms with Crippen LogP contribution in [0.1, 0.15) is 52.6 Å². The minimum absolute atomic E-state index is 0.198. The lowest BCUT2D eigenvalue weighted by Gasteiger charge is -2.18. The molecule has 1 aliphatic rings. The van der Waals surface area contributed by atoms with Crippen LogP contribution in [-0.4, -0.2) is 37.8 Å². The highest BCUT2D eigenvalue weighted by Gasteiger charge is 2.26. The van der Waals surface area contributed by atoms with E-state index in [0.29, 0.717) is 28.9 Å². The van der Waals surface area contributed by atoms with Crippen LogP contribution in [0.4, 0.5) is 5.69 Å². The molecule has 0 radical (unpaired) electrons. The fraction of sp³-hybridized carbons (Fsp3) is 0.364. The number of esters is 1. The van der Waals surface area contributed by atoms with Crippen LogP contribution in [-0.2, 0) is 4.74 Å². The van der Waals surface area contributed by atoms with E-state index in [1.807, 2.05) is 11.4 Å². The lowest BCUT2D eigenvalue weighted by molar-refractivity contribution is 0.0601. The summed E-state index contributed by atoms with van der Waals surface area (Å²) in [7, 11) is 4.28. The van der Waals surface area contributed by atoms with Gasteiger partial charge in [-0.3, -0.25) is 4.79 Å². The highest BCUT2D eigenvalue weighted by molar-refractivity contribution is 7.17. The molecule has 1 aliphatic carbocycles. The Balaban J connectivity index is 1.75. The number of ether oxygens (including phenoxy) is 3. The lowest BCUT2D eigenvalue weighted by atomic mass is 10.1. The average molecular weight is 429 g/mol. The molecule has 0 atom stereocenters. The van der Waals surface area contributed by atoms with Crippen molar-refractivity contribution < 1.29 is 23.8 Å². The van der Waals surface area contributed by atoms with Gasteiger partial charge in [0.1, 0.15) is 5.69 Å². The van der Waals surface area contributed by atoms with Gasteiger partial charge in [0, 0.05) is 18.2 Å². The van der Waals surface area contributed by atoms with E-state index in [1.165, 1.54) is 27.4 Å². The first-order valence-corrected chi connectivity index (χ1v) is 10.7. The first-order valence-electron chi connectivity index (χ1n) is 9.81. The van der Waals surface area contributed by atoms with Gasteiger partial charge in [0.05, 0.1) is 42.8 Å². The Morgan fingerprint density at radius 2 is 1.77 bits per heavy atom. The van der Waals surface area contributed by atoms with Gasteiger partial charge in [0.25, 0.3) is 5.91 Å². The van der Waals surface area contributed by atoms with Gasteiger partial charge in [-0.2, -0.15) is 0 Å². The predicted molar refractivity (Wildman–Crippen MR) is 116 cm³/mol. The first-order chi connectivity index (χ1) is 14.6. The maximum atomic E-state index is 13.3. The number of benzene rings is 1. The summed E-state index contributed by atoms with van der Waals surface area (Å²) in [6.07, 6.45) is 4.45. The molecule has 30 heavy (non-hydrogen) atoms. The maximum Gasteiger partial charge on any atom is 0.340 e. The zero-order chi connectivity index (χ0) is 21.3. The summed E-state index contributed by atoms with van der Waals surface area (Å²) in [6.45, 7) is 0. The van der Waals surface area contributed by atoms with Crippen LogP contribution in [0.25, 0.3) is 10.2 Å². The van der Waals surface area contributed by atoms with Crippen molar-refractivity contribution in [1.29, 1.82) is 0 Å². The number of carbonyl (C=O) groups excluding carboxylic acids is 2. The van der Waals surface area contributed by atoms with E-state index in [4.69, 9.17) is 14.2 Å². The zero-order valence-electron chi connectivity index (χ0n) is 17.2. The van der Waals surface area contributed by atoms with E-state index in [-0.39, 0.29) is 11.5 Å².